The molecular weight excluding hydrogens is 350 g/mol. The van der Waals surface area contributed by atoms with Gasteiger partial charge in [-0.15, -0.1) is 11.8 Å². The molecule has 0 fully saturated rings. The highest BCUT2D eigenvalue weighted by Gasteiger charge is 2.15. The summed E-state index contributed by atoms with van der Waals surface area (Å²) < 4.78 is 12.9. The maximum atomic E-state index is 12.3. The highest BCUT2D eigenvalue weighted by Crippen LogP contribution is 2.39. The number of hydrogen-bond acceptors (Lipinski definition) is 6. The molecule has 1 aliphatic rings. The third kappa shape index (κ3) is 3.22. The van der Waals surface area contributed by atoms with Crippen LogP contribution in [0.1, 0.15) is 11.3 Å². The molecule has 4 rings (SSSR count). The Kier molecular flexibility index (Phi) is 4.46. The van der Waals surface area contributed by atoms with Gasteiger partial charge in [0.15, 0.2) is 11.5 Å². The van der Waals surface area contributed by atoms with Crippen molar-refractivity contribution in [2.24, 2.45) is 0 Å². The Labute approximate surface area is 155 Å². The van der Waals surface area contributed by atoms with Gasteiger partial charge < -0.3 is 14.8 Å². The average molecular weight is 369 g/mol. The zero-order valence-electron chi connectivity index (χ0n) is 14.6. The van der Waals surface area contributed by atoms with Gasteiger partial charge in [-0.25, -0.2) is 4.98 Å². The van der Waals surface area contributed by atoms with Gasteiger partial charge in [-0.05, 0) is 30.9 Å². The van der Waals surface area contributed by atoms with Crippen LogP contribution < -0.4 is 20.3 Å². The van der Waals surface area contributed by atoms with Crippen molar-refractivity contribution in [3.05, 3.63) is 58.1 Å². The molecule has 0 aliphatic carbocycles. The molecule has 0 bridgehead atoms. The van der Waals surface area contributed by atoms with Gasteiger partial charge in [-0.2, -0.15) is 0 Å². The lowest BCUT2D eigenvalue weighted by molar-refractivity contribution is 0.171. The van der Waals surface area contributed by atoms with Crippen LogP contribution in [0.2, 0.25) is 0 Å². The second-order valence-electron chi connectivity index (χ2n) is 6.07. The van der Waals surface area contributed by atoms with Gasteiger partial charge in [0.05, 0.1) is 17.9 Å². The van der Waals surface area contributed by atoms with E-state index in [1.165, 1.54) is 0 Å². The molecular formula is C19H19N3O3S. The summed E-state index contributed by atoms with van der Waals surface area (Å²) in [5.74, 6) is 1.50. The van der Waals surface area contributed by atoms with E-state index < -0.39 is 0 Å². The number of aromatic nitrogens is 2. The highest BCUT2D eigenvalue weighted by molar-refractivity contribution is 7.98. The summed E-state index contributed by atoms with van der Waals surface area (Å²) in [7, 11) is 0. The number of nitrogens with zero attached hydrogens (tertiary/aromatic N) is 2. The molecule has 0 amide bonds. The molecule has 0 saturated heterocycles. The molecule has 6 nitrogen and oxygen atoms in total. The summed E-state index contributed by atoms with van der Waals surface area (Å²) in [4.78, 5) is 18.0. The largest absolute Gasteiger partial charge is 0.486 e. The number of hydrogen-bond donors (Lipinski definition) is 1. The van der Waals surface area contributed by atoms with Gasteiger partial charge in [0.2, 0.25) is 0 Å². The molecule has 0 spiro atoms. The number of ether oxygens (including phenoxy) is 2. The first-order chi connectivity index (χ1) is 12.6. The van der Waals surface area contributed by atoms with Crippen molar-refractivity contribution in [1.29, 1.82) is 0 Å². The molecule has 1 aromatic carbocycles. The van der Waals surface area contributed by atoms with E-state index in [-0.39, 0.29) is 5.56 Å². The number of anilines is 1. The average Bonchev–Trinajstić information content (AvgIpc) is 2.66. The minimum absolute atomic E-state index is 0.0808. The summed E-state index contributed by atoms with van der Waals surface area (Å²) in [6.45, 7) is 3.52. The summed E-state index contributed by atoms with van der Waals surface area (Å²) in [5, 5.41) is 3.37. The molecule has 0 saturated carbocycles. The van der Waals surface area contributed by atoms with E-state index in [9.17, 15) is 4.79 Å². The Morgan fingerprint density at radius 2 is 1.96 bits per heavy atom. The predicted octanol–water partition coefficient (Wildman–Crippen LogP) is 3.11. The second-order valence-corrected chi connectivity index (χ2v) is 6.92. The third-order valence-electron chi connectivity index (χ3n) is 4.18. The maximum Gasteiger partial charge on any atom is 0.258 e. The normalized spacial score (nSPS) is 13.0. The zero-order chi connectivity index (χ0) is 18.1. The Balaban J connectivity index is 1.62. The van der Waals surface area contributed by atoms with Crippen LogP contribution in [-0.4, -0.2) is 28.9 Å². The zero-order valence-corrected chi connectivity index (χ0v) is 15.4. The number of fused-ring (bicyclic) bond motifs is 2. The van der Waals surface area contributed by atoms with Crippen molar-refractivity contribution in [3.8, 4) is 11.5 Å². The van der Waals surface area contributed by atoms with E-state index in [4.69, 9.17) is 9.47 Å². The van der Waals surface area contributed by atoms with Crippen molar-refractivity contribution in [3.63, 3.8) is 0 Å². The first-order valence-electron chi connectivity index (χ1n) is 8.34. The van der Waals surface area contributed by atoms with Gasteiger partial charge >= 0.3 is 0 Å². The Bertz CT molecular complexity index is 1030. The minimum atomic E-state index is -0.0808. The van der Waals surface area contributed by atoms with Crippen molar-refractivity contribution in [1.82, 2.24) is 9.38 Å². The molecule has 1 aliphatic heterocycles. The maximum absolute atomic E-state index is 12.3. The second kappa shape index (κ2) is 6.92. The molecule has 7 heteroatoms. The van der Waals surface area contributed by atoms with E-state index in [0.717, 1.165) is 27.6 Å². The molecule has 3 heterocycles. The molecule has 2 aromatic heterocycles. The van der Waals surface area contributed by atoms with Crippen LogP contribution in [0.5, 0.6) is 11.5 Å². The van der Waals surface area contributed by atoms with Crippen molar-refractivity contribution < 1.29 is 9.47 Å². The first kappa shape index (κ1) is 16.8. The number of aryl methyl sites for hydroxylation is 1. The fraction of sp³-hybridized carbons (Fsp3) is 0.263. The minimum Gasteiger partial charge on any atom is -0.486 e. The molecule has 3 aromatic rings. The predicted molar refractivity (Wildman–Crippen MR) is 103 cm³/mol. The molecule has 0 atom stereocenters. The van der Waals surface area contributed by atoms with E-state index in [0.29, 0.717) is 31.1 Å². The van der Waals surface area contributed by atoms with Gasteiger partial charge in [0.25, 0.3) is 5.56 Å². The van der Waals surface area contributed by atoms with Crippen LogP contribution in [0.15, 0.2) is 46.2 Å². The topological polar surface area (TPSA) is 64.9 Å². The summed E-state index contributed by atoms with van der Waals surface area (Å²) in [6, 6.07) is 9.30. The number of pyridine rings is 1. The van der Waals surface area contributed by atoms with E-state index in [2.05, 4.69) is 10.3 Å². The van der Waals surface area contributed by atoms with Crippen LogP contribution in [-0.2, 0) is 6.54 Å². The number of nitrogens with one attached hydrogen (secondary N) is 1. The quantitative estimate of drug-likeness (QED) is 0.713. The SMILES string of the molecule is CSc1cc2c(cc1NCc1cc(=O)n3cc(C)ccc3n1)OCCO2. The van der Waals surface area contributed by atoms with Crippen molar-refractivity contribution >= 4 is 23.1 Å². The molecule has 0 unspecified atom stereocenters. The van der Waals surface area contributed by atoms with Crippen molar-refractivity contribution in [2.75, 3.05) is 24.8 Å². The lowest BCUT2D eigenvalue weighted by Gasteiger charge is -2.21. The van der Waals surface area contributed by atoms with Crippen LogP contribution in [0.3, 0.4) is 0 Å². The monoisotopic (exact) mass is 369 g/mol. The standard InChI is InChI=1S/C19H19N3O3S/c1-12-3-4-18-21-13(7-19(23)22(18)11-12)10-20-14-8-15-16(9-17(14)26-2)25-6-5-24-15/h3-4,7-9,11,20H,5-6,10H2,1-2H3. The molecule has 134 valence electrons. The first-order valence-corrected chi connectivity index (χ1v) is 9.57. The van der Waals surface area contributed by atoms with E-state index in [1.807, 2.05) is 37.4 Å². The third-order valence-corrected chi connectivity index (χ3v) is 4.96. The number of benzene rings is 1. The molecule has 26 heavy (non-hydrogen) atoms. The van der Waals surface area contributed by atoms with Crippen molar-refractivity contribution in [2.45, 2.75) is 18.4 Å². The number of thioether (sulfide) groups is 1. The Hall–Kier alpha value is -2.67. The van der Waals surface area contributed by atoms with Crippen LogP contribution in [0, 0.1) is 6.92 Å². The Morgan fingerprint density at radius 3 is 2.73 bits per heavy atom. The lowest BCUT2D eigenvalue weighted by Crippen LogP contribution is -2.17. The fourth-order valence-electron chi connectivity index (χ4n) is 2.91. The van der Waals surface area contributed by atoms with Gasteiger partial charge in [-0.3, -0.25) is 9.20 Å². The molecule has 1 N–H and O–H groups in total. The highest BCUT2D eigenvalue weighted by atomic mass is 32.2. The summed E-state index contributed by atoms with van der Waals surface area (Å²) in [5.41, 5.74) is 3.22. The van der Waals surface area contributed by atoms with Gasteiger partial charge in [0.1, 0.15) is 18.9 Å². The Morgan fingerprint density at radius 1 is 1.19 bits per heavy atom. The lowest BCUT2D eigenvalue weighted by atomic mass is 10.2. The molecule has 0 radical (unpaired) electrons. The summed E-state index contributed by atoms with van der Waals surface area (Å²) >= 11 is 1.63. The van der Waals surface area contributed by atoms with Gasteiger partial charge in [-0.1, -0.05) is 6.07 Å². The van der Waals surface area contributed by atoms with Crippen LogP contribution in [0.4, 0.5) is 5.69 Å². The smallest absolute Gasteiger partial charge is 0.258 e. The van der Waals surface area contributed by atoms with E-state index >= 15 is 0 Å². The van der Waals surface area contributed by atoms with E-state index in [1.54, 1.807) is 28.4 Å². The fourth-order valence-corrected chi connectivity index (χ4v) is 3.49. The van der Waals surface area contributed by atoms with Crippen LogP contribution >= 0.6 is 11.8 Å². The van der Waals surface area contributed by atoms with Crippen LogP contribution in [0.25, 0.3) is 5.65 Å². The number of rotatable bonds is 4. The summed E-state index contributed by atoms with van der Waals surface area (Å²) in [6.07, 6.45) is 3.81. The van der Waals surface area contributed by atoms with Gasteiger partial charge in [0, 0.05) is 23.2 Å².